The van der Waals surface area contributed by atoms with E-state index in [-0.39, 0.29) is 17.8 Å². The summed E-state index contributed by atoms with van der Waals surface area (Å²) in [6, 6.07) is 6.73. The van der Waals surface area contributed by atoms with Crippen molar-refractivity contribution in [2.24, 2.45) is 5.92 Å². The molecule has 0 radical (unpaired) electrons. The minimum absolute atomic E-state index is 0.184. The van der Waals surface area contributed by atoms with Gasteiger partial charge in [0, 0.05) is 0 Å². The second-order valence-corrected chi connectivity index (χ2v) is 4.17. The molecule has 1 aliphatic carbocycles. The molecular formula is C12H15FO. The molecule has 1 nitrogen and oxygen atoms in total. The number of benzene rings is 1. The summed E-state index contributed by atoms with van der Waals surface area (Å²) in [5.74, 6) is 0.383. The highest BCUT2D eigenvalue weighted by Gasteiger charge is 2.32. The molecule has 0 bridgehead atoms. The van der Waals surface area contributed by atoms with E-state index in [0.717, 1.165) is 18.4 Å². The van der Waals surface area contributed by atoms with Gasteiger partial charge in [0.1, 0.15) is 5.82 Å². The van der Waals surface area contributed by atoms with Crippen molar-refractivity contribution in [3.8, 4) is 0 Å². The minimum atomic E-state index is -0.219. The van der Waals surface area contributed by atoms with Crippen molar-refractivity contribution in [1.82, 2.24) is 0 Å². The fraction of sp³-hybridized carbons (Fsp3) is 0.500. The highest BCUT2D eigenvalue weighted by atomic mass is 19.1. The Kier molecular flexibility index (Phi) is 2.55. The van der Waals surface area contributed by atoms with Crippen LogP contribution in [0.4, 0.5) is 4.39 Å². The highest BCUT2D eigenvalue weighted by molar-refractivity contribution is 5.22. The van der Waals surface area contributed by atoms with Crippen molar-refractivity contribution in [2.75, 3.05) is 0 Å². The van der Waals surface area contributed by atoms with Crippen LogP contribution in [0, 0.1) is 11.7 Å². The Hall–Kier alpha value is -0.890. The molecule has 0 saturated heterocycles. The summed E-state index contributed by atoms with van der Waals surface area (Å²) < 4.78 is 13.0. The minimum Gasteiger partial charge on any atom is -0.393 e. The topological polar surface area (TPSA) is 20.2 Å². The number of rotatable bonds is 1. The van der Waals surface area contributed by atoms with Crippen LogP contribution in [0.15, 0.2) is 24.3 Å². The van der Waals surface area contributed by atoms with Crippen molar-refractivity contribution in [1.29, 1.82) is 0 Å². The number of aliphatic hydroxyl groups is 1. The van der Waals surface area contributed by atoms with Crippen molar-refractivity contribution in [2.45, 2.75) is 31.8 Å². The van der Waals surface area contributed by atoms with Gasteiger partial charge in [-0.05, 0) is 42.4 Å². The first-order valence-corrected chi connectivity index (χ1v) is 5.12. The van der Waals surface area contributed by atoms with Crippen LogP contribution in [-0.2, 0) is 0 Å². The van der Waals surface area contributed by atoms with E-state index in [1.165, 1.54) is 6.07 Å². The normalized spacial score (nSPS) is 32.1. The second-order valence-electron chi connectivity index (χ2n) is 4.17. The average Bonchev–Trinajstić information content (AvgIpc) is 2.48. The Bertz CT molecular complexity index is 324. The number of hydrogen-bond donors (Lipinski definition) is 1. The van der Waals surface area contributed by atoms with Gasteiger partial charge in [0.2, 0.25) is 0 Å². The Morgan fingerprint density at radius 1 is 1.36 bits per heavy atom. The lowest BCUT2D eigenvalue weighted by molar-refractivity contribution is 0.136. The van der Waals surface area contributed by atoms with Gasteiger partial charge in [-0.1, -0.05) is 19.1 Å². The third-order valence-electron chi connectivity index (χ3n) is 3.29. The zero-order valence-corrected chi connectivity index (χ0v) is 8.28. The van der Waals surface area contributed by atoms with E-state index in [4.69, 9.17) is 0 Å². The van der Waals surface area contributed by atoms with E-state index >= 15 is 0 Å². The molecule has 1 fully saturated rings. The molecule has 3 atom stereocenters. The van der Waals surface area contributed by atoms with E-state index in [9.17, 15) is 9.50 Å². The lowest BCUT2D eigenvalue weighted by Crippen LogP contribution is -2.14. The lowest BCUT2D eigenvalue weighted by atomic mass is 9.89. The molecule has 0 aromatic heterocycles. The largest absolute Gasteiger partial charge is 0.393 e. The smallest absolute Gasteiger partial charge is 0.123 e. The first kappa shape index (κ1) is 9.66. The molecule has 0 amide bonds. The molecule has 0 spiro atoms. The molecule has 1 aromatic carbocycles. The molecule has 0 aliphatic heterocycles. The van der Waals surface area contributed by atoms with Crippen LogP contribution in [0.2, 0.25) is 0 Å². The highest BCUT2D eigenvalue weighted by Crippen LogP contribution is 2.39. The van der Waals surface area contributed by atoms with Crippen molar-refractivity contribution < 1.29 is 9.50 Å². The summed E-state index contributed by atoms with van der Waals surface area (Å²) >= 11 is 0. The molecule has 1 N–H and O–H groups in total. The van der Waals surface area contributed by atoms with Gasteiger partial charge in [0.05, 0.1) is 6.10 Å². The summed E-state index contributed by atoms with van der Waals surface area (Å²) in [4.78, 5) is 0. The van der Waals surface area contributed by atoms with Gasteiger partial charge in [-0.25, -0.2) is 4.39 Å². The first-order chi connectivity index (χ1) is 6.68. The third-order valence-corrected chi connectivity index (χ3v) is 3.29. The van der Waals surface area contributed by atoms with Crippen LogP contribution in [-0.4, -0.2) is 11.2 Å². The van der Waals surface area contributed by atoms with Crippen molar-refractivity contribution >= 4 is 0 Å². The lowest BCUT2D eigenvalue weighted by Gasteiger charge is -2.17. The van der Waals surface area contributed by atoms with Gasteiger partial charge < -0.3 is 5.11 Å². The van der Waals surface area contributed by atoms with Crippen LogP contribution in [0.3, 0.4) is 0 Å². The maximum absolute atomic E-state index is 13.0. The predicted octanol–water partition coefficient (Wildman–Crippen LogP) is 2.70. The summed E-state index contributed by atoms with van der Waals surface area (Å²) in [5, 5.41) is 9.60. The van der Waals surface area contributed by atoms with Gasteiger partial charge >= 0.3 is 0 Å². The van der Waals surface area contributed by atoms with Gasteiger partial charge in [0.25, 0.3) is 0 Å². The maximum Gasteiger partial charge on any atom is 0.123 e. The standard InChI is InChI=1S/C12H15FO/c1-8-11(5-6-12(8)14)9-3-2-4-10(13)7-9/h2-4,7-8,11-12,14H,5-6H2,1H3. The average molecular weight is 194 g/mol. The van der Waals surface area contributed by atoms with E-state index in [2.05, 4.69) is 0 Å². The molecule has 1 saturated carbocycles. The first-order valence-electron chi connectivity index (χ1n) is 5.12. The summed E-state index contributed by atoms with van der Waals surface area (Å²) in [7, 11) is 0. The summed E-state index contributed by atoms with van der Waals surface area (Å²) in [5.41, 5.74) is 1.02. The predicted molar refractivity (Wildman–Crippen MR) is 53.5 cm³/mol. The molecule has 3 unspecified atom stereocenters. The zero-order chi connectivity index (χ0) is 10.1. The zero-order valence-electron chi connectivity index (χ0n) is 8.28. The van der Waals surface area contributed by atoms with E-state index in [1.807, 2.05) is 13.0 Å². The fourth-order valence-corrected chi connectivity index (χ4v) is 2.35. The van der Waals surface area contributed by atoms with Crippen molar-refractivity contribution in [3.63, 3.8) is 0 Å². The molecule has 2 rings (SSSR count). The Balaban J connectivity index is 2.23. The SMILES string of the molecule is CC1C(O)CCC1c1cccc(F)c1. The Morgan fingerprint density at radius 3 is 2.71 bits per heavy atom. The van der Waals surface area contributed by atoms with Gasteiger partial charge in [-0.2, -0.15) is 0 Å². The van der Waals surface area contributed by atoms with Crippen LogP contribution < -0.4 is 0 Å². The van der Waals surface area contributed by atoms with Crippen LogP contribution in [0.5, 0.6) is 0 Å². The molecular weight excluding hydrogens is 179 g/mol. The fourth-order valence-electron chi connectivity index (χ4n) is 2.35. The second kappa shape index (κ2) is 3.70. The van der Waals surface area contributed by atoms with Crippen LogP contribution in [0.1, 0.15) is 31.2 Å². The van der Waals surface area contributed by atoms with E-state index < -0.39 is 0 Å². The van der Waals surface area contributed by atoms with Gasteiger partial charge in [0.15, 0.2) is 0 Å². The Labute approximate surface area is 83.6 Å². The maximum atomic E-state index is 13.0. The van der Waals surface area contributed by atoms with Crippen LogP contribution >= 0.6 is 0 Å². The van der Waals surface area contributed by atoms with Gasteiger partial charge in [-0.3, -0.25) is 0 Å². The summed E-state index contributed by atoms with van der Waals surface area (Å²) in [6.07, 6.45) is 1.58. The number of halogens is 1. The molecule has 76 valence electrons. The van der Waals surface area contributed by atoms with Crippen LogP contribution in [0.25, 0.3) is 0 Å². The Morgan fingerprint density at radius 2 is 2.14 bits per heavy atom. The van der Waals surface area contributed by atoms with E-state index in [0.29, 0.717) is 5.92 Å². The van der Waals surface area contributed by atoms with E-state index in [1.54, 1.807) is 12.1 Å². The van der Waals surface area contributed by atoms with Gasteiger partial charge in [-0.15, -0.1) is 0 Å². The van der Waals surface area contributed by atoms with Crippen molar-refractivity contribution in [3.05, 3.63) is 35.6 Å². The summed E-state index contributed by atoms with van der Waals surface area (Å²) in [6.45, 7) is 2.03. The quantitative estimate of drug-likeness (QED) is 0.728. The molecule has 1 aliphatic rings. The molecule has 0 heterocycles. The third kappa shape index (κ3) is 1.67. The molecule has 14 heavy (non-hydrogen) atoms. The molecule has 1 aromatic rings. The number of hydrogen-bond acceptors (Lipinski definition) is 1. The monoisotopic (exact) mass is 194 g/mol. The number of aliphatic hydroxyl groups excluding tert-OH is 1. The molecule has 2 heteroatoms.